The lowest BCUT2D eigenvalue weighted by atomic mass is 10.00. The van der Waals surface area contributed by atoms with Gasteiger partial charge in [-0.3, -0.25) is 0 Å². The topological polar surface area (TPSA) is 120 Å². The number of rotatable bonds is 9. The highest BCUT2D eigenvalue weighted by Crippen LogP contribution is 2.42. The summed E-state index contributed by atoms with van der Waals surface area (Å²) in [6, 6.07) is 17.6. The third kappa shape index (κ3) is 6.79. The number of nitrogens with two attached hydrogens (primary N) is 1. The zero-order valence-corrected chi connectivity index (χ0v) is 24.4. The van der Waals surface area contributed by atoms with Crippen LogP contribution in [0.1, 0.15) is 30.7 Å². The van der Waals surface area contributed by atoms with E-state index < -0.39 is 5.79 Å². The van der Waals surface area contributed by atoms with Gasteiger partial charge < -0.3 is 25.3 Å². The summed E-state index contributed by atoms with van der Waals surface area (Å²) in [7, 11) is 0. The molecule has 1 aliphatic rings. The summed E-state index contributed by atoms with van der Waals surface area (Å²) in [4.78, 5) is 12.7. The summed E-state index contributed by atoms with van der Waals surface area (Å²) < 4.78 is 17.3. The number of pyridine rings is 1. The lowest BCUT2D eigenvalue weighted by Crippen LogP contribution is -2.25. The first-order valence-corrected chi connectivity index (χ1v) is 14.7. The van der Waals surface area contributed by atoms with Crippen LogP contribution in [0.2, 0.25) is 0 Å². The molecular weight excluding hydrogens is 557 g/mol. The Morgan fingerprint density at radius 3 is 2.76 bits per heavy atom. The summed E-state index contributed by atoms with van der Waals surface area (Å²) in [6.45, 7) is 14.3. The first-order valence-electron chi connectivity index (χ1n) is 12.8. The van der Waals surface area contributed by atoms with Crippen molar-refractivity contribution in [2.75, 3.05) is 24.3 Å². The fourth-order valence-corrected chi connectivity index (χ4v) is 6.07. The van der Waals surface area contributed by atoms with Gasteiger partial charge in [0.1, 0.15) is 35.4 Å². The number of thioether (sulfide) groups is 1. The van der Waals surface area contributed by atoms with Crippen LogP contribution in [-0.4, -0.2) is 35.1 Å². The van der Waals surface area contributed by atoms with Crippen molar-refractivity contribution in [1.82, 2.24) is 9.97 Å². The molecule has 3 heterocycles. The Balaban J connectivity index is 1.32. The summed E-state index contributed by atoms with van der Waals surface area (Å²) in [6.07, 6.45) is -0.157. The van der Waals surface area contributed by atoms with Crippen molar-refractivity contribution in [2.45, 2.75) is 43.4 Å². The van der Waals surface area contributed by atoms with Gasteiger partial charge in [-0.2, -0.15) is 5.26 Å². The van der Waals surface area contributed by atoms with Gasteiger partial charge in [0, 0.05) is 22.4 Å². The van der Waals surface area contributed by atoms with E-state index in [9.17, 15) is 5.26 Å². The van der Waals surface area contributed by atoms with Crippen LogP contribution < -0.4 is 15.8 Å². The van der Waals surface area contributed by atoms with Crippen LogP contribution in [0.3, 0.4) is 0 Å². The highest BCUT2D eigenvalue weighted by molar-refractivity contribution is 7.98. The lowest BCUT2D eigenvalue weighted by molar-refractivity contribution is -0.141. The number of hydrogen-bond acceptors (Lipinski definition) is 10. The fraction of sp³-hybridized carbons (Fsp3) is 0.267. The summed E-state index contributed by atoms with van der Waals surface area (Å²) in [5.41, 5.74) is 10.8. The standard InChI is InChI=1S/C30H28N6O3S2/c1-18-6-5-7-20(12-18)34-29-35-21(17-41-29)16-40-28-24(13-31)25(26(33-4)27(32)36-28)19-8-10-22(11-9-19)37-14-23-15-38-30(2,3)39-23/h5-12,17,23H,14-16H2,1-3H3,(H2,32,36)(H,34,35). The van der Waals surface area contributed by atoms with Crippen molar-refractivity contribution in [3.05, 3.63) is 82.1 Å². The molecule has 0 radical (unpaired) electrons. The molecule has 9 nitrogen and oxygen atoms in total. The summed E-state index contributed by atoms with van der Waals surface area (Å²) in [5.74, 6) is 0.595. The molecule has 0 bridgehead atoms. The Morgan fingerprint density at radius 1 is 1.27 bits per heavy atom. The Bertz CT molecular complexity index is 1640. The van der Waals surface area contributed by atoms with E-state index in [1.807, 2.05) is 56.5 Å². The van der Waals surface area contributed by atoms with Crippen molar-refractivity contribution in [3.8, 4) is 22.9 Å². The first kappa shape index (κ1) is 28.4. The number of ether oxygens (including phenoxy) is 3. The molecule has 0 aliphatic carbocycles. The number of benzene rings is 2. The van der Waals surface area contributed by atoms with Crippen molar-refractivity contribution < 1.29 is 14.2 Å². The van der Waals surface area contributed by atoms with Crippen LogP contribution in [0.4, 0.5) is 22.3 Å². The molecule has 1 atom stereocenters. The predicted octanol–water partition coefficient (Wildman–Crippen LogP) is 7.08. The molecule has 1 unspecified atom stereocenters. The highest BCUT2D eigenvalue weighted by atomic mass is 32.2. The smallest absolute Gasteiger partial charge is 0.236 e. The fourth-order valence-electron chi connectivity index (χ4n) is 4.35. The van der Waals surface area contributed by atoms with Crippen LogP contribution in [0.15, 0.2) is 58.9 Å². The number of aromatic nitrogens is 2. The predicted molar refractivity (Wildman–Crippen MR) is 162 cm³/mol. The van der Waals surface area contributed by atoms with Crippen molar-refractivity contribution in [1.29, 1.82) is 5.26 Å². The summed E-state index contributed by atoms with van der Waals surface area (Å²) in [5, 5.41) is 16.7. The second-order valence-corrected chi connectivity index (χ2v) is 11.7. The quantitative estimate of drug-likeness (QED) is 0.157. The van der Waals surface area contributed by atoms with Crippen LogP contribution in [0.5, 0.6) is 5.75 Å². The van der Waals surface area contributed by atoms with Crippen molar-refractivity contribution >= 4 is 45.4 Å². The van der Waals surface area contributed by atoms with Gasteiger partial charge in [-0.15, -0.1) is 11.3 Å². The molecule has 0 amide bonds. The van der Waals surface area contributed by atoms with Gasteiger partial charge in [-0.25, -0.2) is 14.8 Å². The number of anilines is 3. The molecule has 0 spiro atoms. The van der Waals surface area contributed by atoms with Gasteiger partial charge in [0.15, 0.2) is 10.9 Å². The average Bonchev–Trinajstić information content (AvgIpc) is 3.55. The van der Waals surface area contributed by atoms with E-state index in [1.54, 1.807) is 12.1 Å². The second-order valence-electron chi connectivity index (χ2n) is 9.84. The van der Waals surface area contributed by atoms with E-state index in [2.05, 4.69) is 32.3 Å². The van der Waals surface area contributed by atoms with Crippen molar-refractivity contribution in [3.63, 3.8) is 0 Å². The number of aryl methyl sites for hydroxylation is 1. The average molecular weight is 585 g/mol. The van der Waals surface area contributed by atoms with Gasteiger partial charge in [0.05, 0.1) is 24.4 Å². The minimum Gasteiger partial charge on any atom is -0.491 e. The normalized spacial score (nSPS) is 15.7. The maximum atomic E-state index is 10.1. The molecule has 2 aromatic carbocycles. The van der Waals surface area contributed by atoms with Crippen LogP contribution >= 0.6 is 23.1 Å². The van der Waals surface area contributed by atoms with E-state index in [1.165, 1.54) is 23.1 Å². The lowest BCUT2D eigenvalue weighted by Gasteiger charge is -2.17. The molecule has 5 rings (SSSR count). The van der Waals surface area contributed by atoms with Gasteiger partial charge in [-0.1, -0.05) is 36.0 Å². The largest absolute Gasteiger partial charge is 0.491 e. The van der Waals surface area contributed by atoms with Crippen molar-refractivity contribution in [2.24, 2.45) is 0 Å². The molecule has 1 fully saturated rings. The Morgan fingerprint density at radius 2 is 2.07 bits per heavy atom. The molecule has 41 heavy (non-hydrogen) atoms. The van der Waals surface area contributed by atoms with Gasteiger partial charge in [0.2, 0.25) is 5.69 Å². The SMILES string of the molecule is [C-]#[N+]c1c(N)nc(SCc2csc(Nc3cccc(C)c3)n2)c(C#N)c1-c1ccc(OCC2COC(C)(C)O2)cc1. The molecule has 3 N–H and O–H groups in total. The van der Waals surface area contributed by atoms with Gasteiger partial charge >= 0.3 is 0 Å². The number of nitrogen functional groups attached to an aromatic ring is 1. The van der Waals surface area contributed by atoms with Gasteiger partial charge in [-0.05, 0) is 56.2 Å². The third-order valence-electron chi connectivity index (χ3n) is 6.21. The van der Waals surface area contributed by atoms with E-state index in [0.717, 1.165) is 22.1 Å². The maximum absolute atomic E-state index is 10.1. The van der Waals surface area contributed by atoms with E-state index in [4.69, 9.17) is 26.5 Å². The summed E-state index contributed by atoms with van der Waals surface area (Å²) >= 11 is 2.87. The highest BCUT2D eigenvalue weighted by Gasteiger charge is 2.33. The first-order chi connectivity index (χ1) is 19.7. The Labute approximate surface area is 247 Å². The van der Waals surface area contributed by atoms with E-state index in [-0.39, 0.29) is 17.6 Å². The van der Waals surface area contributed by atoms with E-state index in [0.29, 0.717) is 46.4 Å². The maximum Gasteiger partial charge on any atom is 0.236 e. The number of nitriles is 1. The minimum absolute atomic E-state index is 0.0814. The van der Waals surface area contributed by atoms with E-state index >= 15 is 0 Å². The van der Waals surface area contributed by atoms with Crippen LogP contribution in [0, 0.1) is 24.8 Å². The molecule has 2 aromatic heterocycles. The number of nitrogens with one attached hydrogen (secondary N) is 1. The molecule has 208 valence electrons. The molecular formula is C30H28N6O3S2. The Hall–Kier alpha value is -4.13. The monoisotopic (exact) mass is 584 g/mol. The number of hydrogen-bond donors (Lipinski definition) is 2. The zero-order valence-electron chi connectivity index (χ0n) is 22.8. The Kier molecular flexibility index (Phi) is 8.43. The van der Waals surface area contributed by atoms with Crippen LogP contribution in [0.25, 0.3) is 16.0 Å². The zero-order chi connectivity index (χ0) is 29.0. The second kappa shape index (κ2) is 12.2. The number of nitrogens with zero attached hydrogens (tertiary/aromatic N) is 4. The molecule has 4 aromatic rings. The molecule has 1 aliphatic heterocycles. The minimum atomic E-state index is -0.612. The third-order valence-corrected chi connectivity index (χ3v) is 8.03. The molecule has 1 saturated heterocycles. The molecule has 0 saturated carbocycles. The molecule has 11 heteroatoms. The number of thiazole rings is 1. The van der Waals surface area contributed by atoms with Gasteiger partial charge in [0.25, 0.3) is 0 Å². The van der Waals surface area contributed by atoms with Crippen LogP contribution in [-0.2, 0) is 15.2 Å².